The Bertz CT molecular complexity index is 1220. The van der Waals surface area contributed by atoms with E-state index in [2.05, 4.69) is 20.8 Å². The van der Waals surface area contributed by atoms with Crippen LogP contribution in [0.1, 0.15) is 121 Å². The molecule has 6 aliphatic rings. The van der Waals surface area contributed by atoms with Gasteiger partial charge in [-0.1, -0.05) is 13.8 Å². The zero-order valence-corrected chi connectivity index (χ0v) is 28.0. The highest BCUT2D eigenvalue weighted by Gasteiger charge is 2.71. The minimum Gasteiger partial charge on any atom is -0.460 e. The molecule has 10 atom stereocenters. The molecule has 0 unspecified atom stereocenters. The Labute approximate surface area is 257 Å². The van der Waals surface area contributed by atoms with E-state index in [1.165, 1.54) is 6.92 Å². The van der Waals surface area contributed by atoms with Gasteiger partial charge in [-0.15, -0.1) is 0 Å². The van der Waals surface area contributed by atoms with Gasteiger partial charge in [0.2, 0.25) is 0 Å². The molecule has 0 aromatic heterocycles. The van der Waals surface area contributed by atoms with Crippen LogP contribution in [0.2, 0.25) is 0 Å². The predicted molar refractivity (Wildman–Crippen MR) is 160 cm³/mol. The summed E-state index contributed by atoms with van der Waals surface area (Å²) in [5, 5.41) is 12.8. The van der Waals surface area contributed by atoms with E-state index in [1.54, 1.807) is 0 Å². The topological polar surface area (TPSA) is 101 Å². The first kappa shape index (κ1) is 31.7. The zero-order valence-electron chi connectivity index (χ0n) is 28.0. The van der Waals surface area contributed by atoms with Crippen LogP contribution in [-0.4, -0.2) is 63.5 Å². The van der Waals surface area contributed by atoms with E-state index in [-0.39, 0.29) is 53.2 Å². The minimum absolute atomic E-state index is 0.0131. The molecule has 8 nitrogen and oxygen atoms in total. The molecule has 6 rings (SSSR count). The van der Waals surface area contributed by atoms with Gasteiger partial charge in [-0.25, -0.2) is 0 Å². The highest BCUT2D eigenvalue weighted by Crippen LogP contribution is 2.70. The molecule has 0 bridgehead atoms. The standard InChI is InChI=1S/C35H54O8/c1-20(36)39-29(2,3)14-13-28-34(10,43-31(6,7)42-28)27-12-16-35(38)22-17-24(37)23-18-25-26(41-30(4,5)40-25)19-32(23,8)21(22)11-15-33(27,35)9/h17,21,23,25-28,38H,11-16,18-19H2,1-10H3/t21-,23+,25-,26+,27+,28-,32-,33-,34-,35-/m1/s1. The number of carbonyl (C=O) groups is 2. The van der Waals surface area contributed by atoms with Crippen molar-refractivity contribution in [3.63, 3.8) is 0 Å². The SMILES string of the molecule is CC(=O)OC(C)(C)CC[C@H]1OC(C)(C)O[C@]1(C)[C@H]1CC[C@@]2(O)C3=CC(=O)[C@@H]4C[C@H]5OC(C)(C)O[C@H]5C[C@]4(C)[C@@H]3CC[C@]12C. The summed E-state index contributed by atoms with van der Waals surface area (Å²) >= 11 is 0. The number of ketones is 1. The Kier molecular flexibility index (Phi) is 7.07. The third-order valence-corrected chi connectivity index (χ3v) is 12.6. The van der Waals surface area contributed by atoms with Crippen molar-refractivity contribution in [1.82, 2.24) is 0 Å². The smallest absolute Gasteiger partial charge is 0.303 e. The van der Waals surface area contributed by atoms with Crippen molar-refractivity contribution in [2.24, 2.45) is 28.6 Å². The van der Waals surface area contributed by atoms with Gasteiger partial charge in [0.25, 0.3) is 0 Å². The van der Waals surface area contributed by atoms with Gasteiger partial charge >= 0.3 is 5.97 Å². The molecule has 3 saturated carbocycles. The maximum Gasteiger partial charge on any atom is 0.303 e. The molecule has 2 heterocycles. The quantitative estimate of drug-likeness (QED) is 0.381. The highest BCUT2D eigenvalue weighted by molar-refractivity contribution is 5.95. The van der Waals surface area contributed by atoms with E-state index >= 15 is 0 Å². The molecule has 43 heavy (non-hydrogen) atoms. The van der Waals surface area contributed by atoms with Crippen LogP contribution in [0.3, 0.4) is 0 Å². The van der Waals surface area contributed by atoms with Crippen LogP contribution in [0, 0.1) is 28.6 Å². The number of hydrogen-bond acceptors (Lipinski definition) is 8. The van der Waals surface area contributed by atoms with E-state index in [9.17, 15) is 14.7 Å². The van der Waals surface area contributed by atoms with E-state index in [4.69, 9.17) is 23.7 Å². The maximum absolute atomic E-state index is 13.9. The second kappa shape index (κ2) is 9.60. The Hall–Kier alpha value is -1.32. The van der Waals surface area contributed by atoms with Crippen molar-refractivity contribution in [2.45, 2.75) is 167 Å². The number of hydrogen-bond donors (Lipinski definition) is 1. The summed E-state index contributed by atoms with van der Waals surface area (Å²) in [6.45, 7) is 19.8. The van der Waals surface area contributed by atoms with E-state index in [0.717, 1.165) is 31.3 Å². The molecule has 5 fully saturated rings. The molecule has 0 aromatic rings. The summed E-state index contributed by atoms with van der Waals surface area (Å²) in [5.74, 6) is -1.59. The van der Waals surface area contributed by atoms with Crippen LogP contribution in [0.4, 0.5) is 0 Å². The highest BCUT2D eigenvalue weighted by atomic mass is 16.8. The number of carbonyl (C=O) groups excluding carboxylic acids is 2. The van der Waals surface area contributed by atoms with Gasteiger partial charge in [0, 0.05) is 18.3 Å². The molecule has 0 spiro atoms. The fourth-order valence-electron chi connectivity index (χ4n) is 10.9. The average molecular weight is 603 g/mol. The van der Waals surface area contributed by atoms with Gasteiger partial charge in [-0.05, 0) is 129 Å². The van der Waals surface area contributed by atoms with E-state index in [0.29, 0.717) is 25.7 Å². The lowest BCUT2D eigenvalue weighted by atomic mass is 9.45. The number of aliphatic hydroxyl groups is 1. The van der Waals surface area contributed by atoms with Gasteiger partial charge in [0.15, 0.2) is 17.4 Å². The third kappa shape index (κ3) is 4.79. The van der Waals surface area contributed by atoms with Crippen molar-refractivity contribution < 1.29 is 38.4 Å². The summed E-state index contributed by atoms with van der Waals surface area (Å²) in [7, 11) is 0. The average Bonchev–Trinajstić information content (AvgIpc) is 3.39. The zero-order chi connectivity index (χ0) is 31.6. The Morgan fingerprint density at radius 2 is 1.65 bits per heavy atom. The number of fused-ring (bicyclic) bond motifs is 6. The van der Waals surface area contributed by atoms with Crippen molar-refractivity contribution >= 4 is 11.8 Å². The number of ether oxygens (including phenoxy) is 5. The molecular weight excluding hydrogens is 548 g/mol. The van der Waals surface area contributed by atoms with Crippen LogP contribution in [-0.2, 0) is 33.3 Å². The van der Waals surface area contributed by atoms with E-state index < -0.39 is 33.8 Å². The number of rotatable bonds is 5. The lowest BCUT2D eigenvalue weighted by molar-refractivity contribution is -0.190. The number of esters is 1. The summed E-state index contributed by atoms with van der Waals surface area (Å²) in [6, 6.07) is 0. The monoisotopic (exact) mass is 602 g/mol. The number of allylic oxidation sites excluding steroid dienone is 1. The fraction of sp³-hybridized carbons (Fsp3) is 0.886. The first-order valence-corrected chi connectivity index (χ1v) is 16.6. The summed E-state index contributed by atoms with van der Waals surface area (Å²) in [4.78, 5) is 25.6. The van der Waals surface area contributed by atoms with Gasteiger partial charge in [-0.3, -0.25) is 9.59 Å². The Morgan fingerprint density at radius 1 is 0.977 bits per heavy atom. The summed E-state index contributed by atoms with van der Waals surface area (Å²) < 4.78 is 31.5. The third-order valence-electron chi connectivity index (χ3n) is 12.6. The second-order valence-electron chi connectivity index (χ2n) is 16.9. The molecule has 2 aliphatic heterocycles. The molecule has 242 valence electrons. The van der Waals surface area contributed by atoms with Crippen LogP contribution in [0.15, 0.2) is 11.6 Å². The molecule has 1 N–H and O–H groups in total. The van der Waals surface area contributed by atoms with Gasteiger partial charge in [-0.2, -0.15) is 0 Å². The summed E-state index contributed by atoms with van der Waals surface area (Å²) in [6.07, 6.45) is 7.34. The van der Waals surface area contributed by atoms with Crippen LogP contribution < -0.4 is 0 Å². The van der Waals surface area contributed by atoms with Crippen molar-refractivity contribution in [1.29, 1.82) is 0 Å². The molecule has 8 heteroatoms. The second-order valence-corrected chi connectivity index (χ2v) is 16.9. The van der Waals surface area contributed by atoms with Crippen LogP contribution in [0.5, 0.6) is 0 Å². The van der Waals surface area contributed by atoms with Crippen molar-refractivity contribution in [3.8, 4) is 0 Å². The molecular formula is C35H54O8. The first-order valence-electron chi connectivity index (χ1n) is 16.6. The lowest BCUT2D eigenvalue weighted by Gasteiger charge is -2.60. The Morgan fingerprint density at radius 3 is 2.33 bits per heavy atom. The van der Waals surface area contributed by atoms with E-state index in [1.807, 2.05) is 47.6 Å². The molecule has 4 aliphatic carbocycles. The lowest BCUT2D eigenvalue weighted by Crippen LogP contribution is -2.62. The van der Waals surface area contributed by atoms with Crippen LogP contribution >= 0.6 is 0 Å². The van der Waals surface area contributed by atoms with Gasteiger partial charge in [0.05, 0.1) is 29.5 Å². The van der Waals surface area contributed by atoms with Gasteiger partial charge in [0.1, 0.15) is 5.60 Å². The molecule has 0 amide bonds. The molecule has 2 saturated heterocycles. The first-order chi connectivity index (χ1) is 19.6. The fourth-order valence-corrected chi connectivity index (χ4v) is 10.9. The predicted octanol–water partition coefficient (Wildman–Crippen LogP) is 6.02. The molecule has 0 radical (unpaired) electrons. The summed E-state index contributed by atoms with van der Waals surface area (Å²) in [5.41, 5.74) is -2.24. The van der Waals surface area contributed by atoms with Crippen LogP contribution in [0.25, 0.3) is 0 Å². The normalized spacial score (nSPS) is 48.2. The van der Waals surface area contributed by atoms with Gasteiger partial charge < -0.3 is 28.8 Å². The maximum atomic E-state index is 13.9. The molecule has 0 aromatic carbocycles. The van der Waals surface area contributed by atoms with Crippen molar-refractivity contribution in [2.75, 3.05) is 0 Å². The Balaban J connectivity index is 1.30. The minimum atomic E-state index is -1.10. The largest absolute Gasteiger partial charge is 0.460 e. The van der Waals surface area contributed by atoms with Crippen molar-refractivity contribution in [3.05, 3.63) is 11.6 Å².